The number of aliphatic imine (C=N–C) groups is 1. The van der Waals surface area contributed by atoms with E-state index in [1.165, 1.54) is 25.7 Å². The SMILES string of the molecule is CCNC(=NCC1(CC(C)C)CCC1)NCCC(=O)N1CCCC1. The van der Waals surface area contributed by atoms with Gasteiger partial charge in [-0.1, -0.05) is 20.3 Å². The van der Waals surface area contributed by atoms with Crippen molar-refractivity contribution < 1.29 is 4.79 Å². The van der Waals surface area contributed by atoms with E-state index < -0.39 is 0 Å². The van der Waals surface area contributed by atoms with Crippen molar-refractivity contribution in [2.45, 2.75) is 65.7 Å². The van der Waals surface area contributed by atoms with Crippen LogP contribution in [0.4, 0.5) is 0 Å². The van der Waals surface area contributed by atoms with Gasteiger partial charge in [0.25, 0.3) is 0 Å². The first-order chi connectivity index (χ1) is 11.5. The van der Waals surface area contributed by atoms with Crippen LogP contribution in [0, 0.1) is 11.3 Å². The van der Waals surface area contributed by atoms with Crippen molar-refractivity contribution in [3.63, 3.8) is 0 Å². The molecule has 2 N–H and O–H groups in total. The summed E-state index contributed by atoms with van der Waals surface area (Å²) >= 11 is 0. The van der Waals surface area contributed by atoms with E-state index >= 15 is 0 Å². The molecule has 0 bridgehead atoms. The number of nitrogens with zero attached hydrogens (tertiary/aromatic N) is 2. The number of carbonyl (C=O) groups excluding carboxylic acids is 1. The molecule has 2 fully saturated rings. The Kier molecular flexibility index (Phi) is 7.38. The Bertz CT molecular complexity index is 423. The molecule has 5 heteroatoms. The van der Waals surface area contributed by atoms with E-state index in [-0.39, 0.29) is 5.91 Å². The lowest BCUT2D eigenvalue weighted by atomic mass is 9.64. The van der Waals surface area contributed by atoms with Gasteiger partial charge in [-0.2, -0.15) is 0 Å². The highest BCUT2D eigenvalue weighted by atomic mass is 16.2. The smallest absolute Gasteiger partial charge is 0.224 e. The van der Waals surface area contributed by atoms with Crippen LogP contribution in [0.3, 0.4) is 0 Å². The average molecular weight is 337 g/mol. The third kappa shape index (κ3) is 5.67. The highest BCUT2D eigenvalue weighted by Gasteiger charge is 2.37. The van der Waals surface area contributed by atoms with Crippen LogP contribution in [0.2, 0.25) is 0 Å². The number of rotatable bonds is 8. The topological polar surface area (TPSA) is 56.7 Å². The van der Waals surface area contributed by atoms with Crippen molar-refractivity contribution in [1.82, 2.24) is 15.5 Å². The van der Waals surface area contributed by atoms with E-state index in [4.69, 9.17) is 4.99 Å². The minimum atomic E-state index is 0.270. The minimum absolute atomic E-state index is 0.270. The van der Waals surface area contributed by atoms with Gasteiger partial charge in [0, 0.05) is 39.1 Å². The Labute approximate surface area is 147 Å². The lowest BCUT2D eigenvalue weighted by molar-refractivity contribution is -0.129. The minimum Gasteiger partial charge on any atom is -0.357 e. The maximum absolute atomic E-state index is 12.1. The van der Waals surface area contributed by atoms with Gasteiger partial charge in [0.05, 0.1) is 0 Å². The molecule has 1 aliphatic heterocycles. The summed E-state index contributed by atoms with van der Waals surface area (Å²) in [5.74, 6) is 1.86. The van der Waals surface area contributed by atoms with E-state index in [9.17, 15) is 4.79 Å². The molecule has 0 radical (unpaired) electrons. The number of amides is 1. The molecule has 1 amide bonds. The molecule has 1 heterocycles. The number of hydrogen-bond acceptors (Lipinski definition) is 2. The van der Waals surface area contributed by atoms with Gasteiger partial charge in [-0.05, 0) is 50.4 Å². The van der Waals surface area contributed by atoms with Gasteiger partial charge in [0.1, 0.15) is 0 Å². The molecule has 0 aromatic heterocycles. The van der Waals surface area contributed by atoms with E-state index in [1.807, 2.05) is 4.90 Å². The molecule has 1 aliphatic carbocycles. The third-order valence-electron chi connectivity index (χ3n) is 5.26. The first-order valence-electron chi connectivity index (χ1n) is 9.84. The largest absolute Gasteiger partial charge is 0.357 e. The first-order valence-corrected chi connectivity index (χ1v) is 9.84. The molecule has 0 spiro atoms. The molecule has 5 nitrogen and oxygen atoms in total. The van der Waals surface area contributed by atoms with Gasteiger partial charge in [-0.25, -0.2) is 0 Å². The standard InChI is InChI=1S/C19H36N4O/c1-4-20-18(21-11-8-17(24)23-12-5-6-13-23)22-15-19(9-7-10-19)14-16(2)3/h16H,4-15H2,1-3H3,(H2,20,21,22). The molecule has 24 heavy (non-hydrogen) atoms. The Morgan fingerprint density at radius 1 is 1.17 bits per heavy atom. The summed E-state index contributed by atoms with van der Waals surface area (Å²) in [6.07, 6.45) is 8.09. The van der Waals surface area contributed by atoms with E-state index in [0.717, 1.165) is 50.9 Å². The Hall–Kier alpha value is -1.26. The van der Waals surface area contributed by atoms with E-state index in [2.05, 4.69) is 31.4 Å². The lowest BCUT2D eigenvalue weighted by Crippen LogP contribution is -2.41. The van der Waals surface area contributed by atoms with Crippen molar-refractivity contribution in [1.29, 1.82) is 0 Å². The van der Waals surface area contributed by atoms with Gasteiger partial charge in [0.15, 0.2) is 5.96 Å². The number of nitrogens with one attached hydrogen (secondary N) is 2. The quantitative estimate of drug-likeness (QED) is 0.529. The first kappa shape index (κ1) is 19.1. The Balaban J connectivity index is 1.78. The number of carbonyl (C=O) groups is 1. The van der Waals surface area contributed by atoms with Crippen LogP contribution in [-0.2, 0) is 4.79 Å². The zero-order chi connectivity index (χ0) is 17.4. The zero-order valence-corrected chi connectivity index (χ0v) is 15.9. The molecule has 1 saturated carbocycles. The summed E-state index contributed by atoms with van der Waals surface area (Å²) in [7, 11) is 0. The van der Waals surface area contributed by atoms with Crippen molar-refractivity contribution in [2.75, 3.05) is 32.7 Å². The lowest BCUT2D eigenvalue weighted by Gasteiger charge is -2.42. The van der Waals surface area contributed by atoms with Gasteiger partial charge >= 0.3 is 0 Å². The maximum atomic E-state index is 12.1. The van der Waals surface area contributed by atoms with Crippen LogP contribution in [0.15, 0.2) is 4.99 Å². The second kappa shape index (κ2) is 9.28. The van der Waals surface area contributed by atoms with Crippen molar-refractivity contribution in [3.8, 4) is 0 Å². The van der Waals surface area contributed by atoms with Gasteiger partial charge < -0.3 is 15.5 Å². The third-order valence-corrected chi connectivity index (χ3v) is 5.26. The zero-order valence-electron chi connectivity index (χ0n) is 15.9. The molecule has 1 saturated heterocycles. The molecule has 0 atom stereocenters. The number of hydrogen-bond donors (Lipinski definition) is 2. The monoisotopic (exact) mass is 336 g/mol. The summed E-state index contributed by atoms with van der Waals surface area (Å²) in [5.41, 5.74) is 0.419. The van der Waals surface area contributed by atoms with Crippen LogP contribution in [0.5, 0.6) is 0 Å². The molecule has 2 aliphatic rings. The summed E-state index contributed by atoms with van der Waals surface area (Å²) in [4.78, 5) is 18.9. The van der Waals surface area contributed by atoms with Crippen LogP contribution in [-0.4, -0.2) is 49.5 Å². The average Bonchev–Trinajstić information content (AvgIpc) is 3.03. The summed E-state index contributed by atoms with van der Waals surface area (Å²) in [6.45, 7) is 11.0. The van der Waals surface area contributed by atoms with E-state index in [0.29, 0.717) is 18.4 Å². The molecule has 0 unspecified atom stereocenters. The van der Waals surface area contributed by atoms with Crippen LogP contribution < -0.4 is 10.6 Å². The van der Waals surface area contributed by atoms with Crippen molar-refractivity contribution in [3.05, 3.63) is 0 Å². The number of likely N-dealkylation sites (tertiary alicyclic amines) is 1. The predicted octanol–water partition coefficient (Wildman–Crippen LogP) is 2.77. The Morgan fingerprint density at radius 2 is 1.88 bits per heavy atom. The highest BCUT2D eigenvalue weighted by molar-refractivity contribution is 5.81. The van der Waals surface area contributed by atoms with Gasteiger partial charge in [-0.3, -0.25) is 9.79 Å². The molecule has 138 valence electrons. The highest BCUT2D eigenvalue weighted by Crippen LogP contribution is 2.46. The summed E-state index contributed by atoms with van der Waals surface area (Å²) < 4.78 is 0. The molecular weight excluding hydrogens is 300 g/mol. The fraction of sp³-hybridized carbons (Fsp3) is 0.895. The van der Waals surface area contributed by atoms with Crippen LogP contribution in [0.1, 0.15) is 65.7 Å². The van der Waals surface area contributed by atoms with Crippen LogP contribution in [0.25, 0.3) is 0 Å². The number of guanidine groups is 1. The van der Waals surface area contributed by atoms with Crippen molar-refractivity contribution >= 4 is 11.9 Å². The fourth-order valence-corrected chi connectivity index (χ4v) is 3.97. The molecular formula is C19H36N4O. The second-order valence-electron chi connectivity index (χ2n) is 7.91. The normalized spacial score (nSPS) is 20.2. The van der Waals surface area contributed by atoms with Gasteiger partial charge in [-0.15, -0.1) is 0 Å². The fourth-order valence-electron chi connectivity index (χ4n) is 3.97. The Morgan fingerprint density at radius 3 is 2.42 bits per heavy atom. The summed E-state index contributed by atoms with van der Waals surface area (Å²) in [5, 5.41) is 6.65. The van der Waals surface area contributed by atoms with Crippen molar-refractivity contribution in [2.24, 2.45) is 16.3 Å². The molecule has 0 aromatic carbocycles. The van der Waals surface area contributed by atoms with Crippen LogP contribution >= 0.6 is 0 Å². The molecule has 0 aromatic rings. The second-order valence-corrected chi connectivity index (χ2v) is 7.91. The predicted molar refractivity (Wildman–Crippen MR) is 100 cm³/mol. The van der Waals surface area contributed by atoms with E-state index in [1.54, 1.807) is 0 Å². The maximum Gasteiger partial charge on any atom is 0.224 e. The van der Waals surface area contributed by atoms with Gasteiger partial charge in [0.2, 0.25) is 5.91 Å². The summed E-state index contributed by atoms with van der Waals surface area (Å²) in [6, 6.07) is 0. The molecule has 2 rings (SSSR count).